The monoisotopic (exact) mass is 332 g/mol. The Bertz CT molecular complexity index is 1010. The summed E-state index contributed by atoms with van der Waals surface area (Å²) in [6, 6.07) is 17.2. The van der Waals surface area contributed by atoms with Crippen LogP contribution in [0.2, 0.25) is 0 Å². The van der Waals surface area contributed by atoms with E-state index in [-0.39, 0.29) is 11.1 Å². The van der Waals surface area contributed by atoms with Crippen LogP contribution in [0.3, 0.4) is 0 Å². The quantitative estimate of drug-likeness (QED) is 0.685. The van der Waals surface area contributed by atoms with Crippen LogP contribution >= 0.6 is 0 Å². The van der Waals surface area contributed by atoms with Crippen molar-refractivity contribution < 1.29 is 18.7 Å². The Balaban J connectivity index is 1.94. The van der Waals surface area contributed by atoms with Gasteiger partial charge in [0.05, 0.1) is 17.6 Å². The molecule has 0 atom stereocenters. The normalized spacial score (nSPS) is 11.1. The maximum atomic E-state index is 13.3. The lowest BCUT2D eigenvalue weighted by Crippen LogP contribution is -2.22. The van der Waals surface area contributed by atoms with Gasteiger partial charge in [0.2, 0.25) is 0 Å². The summed E-state index contributed by atoms with van der Waals surface area (Å²) in [6.07, 6.45) is 1.50. The van der Waals surface area contributed by atoms with Crippen molar-refractivity contribution in [3.8, 4) is 17.4 Å². The van der Waals surface area contributed by atoms with Gasteiger partial charge >= 0.3 is 0 Å². The van der Waals surface area contributed by atoms with Gasteiger partial charge in [-0.3, -0.25) is 0 Å². The number of carboxylic acids is 1. The fraction of sp³-hybridized carbons (Fsp3) is 0. The van der Waals surface area contributed by atoms with Crippen LogP contribution in [-0.2, 0) is 0 Å². The number of carbonyl (C=O) groups excluding carboxylic acids is 1. The number of benzene rings is 2. The van der Waals surface area contributed by atoms with Crippen molar-refractivity contribution >= 4 is 17.6 Å². The Labute approximate surface area is 143 Å². The molecule has 0 fully saturated rings. The van der Waals surface area contributed by atoms with Crippen LogP contribution in [0.25, 0.3) is 23.0 Å². The lowest BCUT2D eigenvalue weighted by molar-refractivity contribution is -0.255. The summed E-state index contributed by atoms with van der Waals surface area (Å²) in [5.41, 5.74) is 1.32. The number of carboxylic acid groups (broad SMARTS) is 1. The van der Waals surface area contributed by atoms with E-state index >= 15 is 0 Å². The second-order valence-electron chi connectivity index (χ2n) is 5.25. The Morgan fingerprint density at radius 1 is 1.08 bits per heavy atom. The van der Waals surface area contributed by atoms with E-state index in [1.165, 1.54) is 36.4 Å². The molecule has 2 aromatic carbocycles. The van der Waals surface area contributed by atoms with Crippen molar-refractivity contribution in [1.82, 2.24) is 0 Å². The Morgan fingerprint density at radius 3 is 2.56 bits per heavy atom. The average Bonchev–Trinajstić information content (AvgIpc) is 3.08. The van der Waals surface area contributed by atoms with Crippen molar-refractivity contribution in [2.45, 2.75) is 0 Å². The minimum absolute atomic E-state index is 0.0449. The van der Waals surface area contributed by atoms with Gasteiger partial charge in [-0.2, -0.15) is 5.26 Å². The topological polar surface area (TPSA) is 77.1 Å². The zero-order chi connectivity index (χ0) is 17.8. The van der Waals surface area contributed by atoms with E-state index in [9.17, 15) is 19.6 Å². The number of carbonyl (C=O) groups is 1. The minimum Gasteiger partial charge on any atom is -0.545 e. The summed E-state index contributed by atoms with van der Waals surface area (Å²) < 4.78 is 19.0. The van der Waals surface area contributed by atoms with Crippen LogP contribution in [0.1, 0.15) is 21.7 Å². The number of aromatic carboxylic acids is 1. The number of furan rings is 1. The van der Waals surface area contributed by atoms with Crippen LogP contribution in [0.15, 0.2) is 65.1 Å². The smallest absolute Gasteiger partial charge is 0.134 e. The summed E-state index contributed by atoms with van der Waals surface area (Å²) in [5, 5.41) is 20.2. The molecule has 3 rings (SSSR count). The second-order valence-corrected chi connectivity index (χ2v) is 5.25. The summed E-state index contributed by atoms with van der Waals surface area (Å²) in [5.74, 6) is -0.857. The van der Waals surface area contributed by atoms with Gasteiger partial charge in [-0.05, 0) is 47.5 Å². The molecule has 122 valence electrons. The van der Waals surface area contributed by atoms with Gasteiger partial charge in [-0.15, -0.1) is 0 Å². The fourth-order valence-electron chi connectivity index (χ4n) is 2.36. The molecule has 0 bridgehead atoms. The first-order chi connectivity index (χ1) is 12.1. The fourth-order valence-corrected chi connectivity index (χ4v) is 2.36. The van der Waals surface area contributed by atoms with Crippen molar-refractivity contribution in [2.75, 3.05) is 0 Å². The molecule has 0 saturated carbocycles. The Hall–Kier alpha value is -3.65. The van der Waals surface area contributed by atoms with Crippen molar-refractivity contribution in [1.29, 1.82) is 5.26 Å². The SMILES string of the molecule is N#C/C(=C\c1ccc(-c2cccc(C(=O)[O-])c2)o1)c1cccc(F)c1. The van der Waals surface area contributed by atoms with Gasteiger partial charge in [0.15, 0.2) is 0 Å². The average molecular weight is 332 g/mol. The molecule has 3 aromatic rings. The number of nitriles is 1. The Morgan fingerprint density at radius 2 is 1.84 bits per heavy atom. The standard InChI is InChI=1S/C20H12FNO3/c21-17-6-2-3-13(10-17)16(12-22)11-18-7-8-19(25-18)14-4-1-5-15(9-14)20(23)24/h1-11H,(H,23,24)/p-1/b16-11+. The van der Waals surface area contributed by atoms with Crippen LogP contribution < -0.4 is 5.11 Å². The molecule has 0 aliphatic heterocycles. The number of allylic oxidation sites excluding steroid dienone is 1. The third-order valence-electron chi connectivity index (χ3n) is 3.55. The summed E-state index contributed by atoms with van der Waals surface area (Å²) in [7, 11) is 0. The highest BCUT2D eigenvalue weighted by molar-refractivity contribution is 5.89. The highest BCUT2D eigenvalue weighted by Gasteiger charge is 2.07. The van der Waals surface area contributed by atoms with Gasteiger partial charge < -0.3 is 14.3 Å². The van der Waals surface area contributed by atoms with Gasteiger partial charge in [0.25, 0.3) is 0 Å². The van der Waals surface area contributed by atoms with Crippen LogP contribution in [-0.4, -0.2) is 5.97 Å². The van der Waals surface area contributed by atoms with Crippen molar-refractivity contribution in [3.05, 3.63) is 83.4 Å². The highest BCUT2D eigenvalue weighted by atomic mass is 19.1. The van der Waals surface area contributed by atoms with Crippen LogP contribution in [0, 0.1) is 17.1 Å². The van der Waals surface area contributed by atoms with E-state index in [0.717, 1.165) is 0 Å². The summed E-state index contributed by atoms with van der Waals surface area (Å²) in [6.45, 7) is 0. The molecule has 0 spiro atoms. The number of hydrogen-bond acceptors (Lipinski definition) is 4. The molecule has 1 heterocycles. The van der Waals surface area contributed by atoms with Gasteiger partial charge in [0, 0.05) is 5.56 Å². The van der Waals surface area contributed by atoms with E-state index < -0.39 is 11.8 Å². The lowest BCUT2D eigenvalue weighted by Gasteiger charge is -2.03. The predicted molar refractivity (Wildman–Crippen MR) is 88.4 cm³/mol. The number of hydrogen-bond donors (Lipinski definition) is 0. The summed E-state index contributed by atoms with van der Waals surface area (Å²) in [4.78, 5) is 10.9. The molecule has 1 aromatic heterocycles. The molecule has 4 nitrogen and oxygen atoms in total. The largest absolute Gasteiger partial charge is 0.545 e. The second kappa shape index (κ2) is 6.85. The molecule has 0 saturated heterocycles. The van der Waals surface area contributed by atoms with Gasteiger partial charge in [0.1, 0.15) is 17.3 Å². The molecular weight excluding hydrogens is 321 g/mol. The molecule has 0 radical (unpaired) electrons. The first-order valence-electron chi connectivity index (χ1n) is 7.36. The third-order valence-corrected chi connectivity index (χ3v) is 3.55. The molecule has 0 aliphatic carbocycles. The van der Waals surface area contributed by atoms with E-state index in [1.807, 2.05) is 6.07 Å². The number of nitrogens with zero attached hydrogens (tertiary/aromatic N) is 1. The minimum atomic E-state index is -1.27. The zero-order valence-corrected chi connectivity index (χ0v) is 12.9. The highest BCUT2D eigenvalue weighted by Crippen LogP contribution is 2.26. The van der Waals surface area contributed by atoms with Crippen LogP contribution in [0.4, 0.5) is 4.39 Å². The molecule has 5 heteroatoms. The maximum absolute atomic E-state index is 13.3. The summed E-state index contributed by atoms with van der Waals surface area (Å²) >= 11 is 0. The first kappa shape index (κ1) is 16.2. The third kappa shape index (κ3) is 3.65. The predicted octanol–water partition coefficient (Wildman–Crippen LogP) is 3.51. The van der Waals surface area contributed by atoms with E-state index in [0.29, 0.717) is 22.6 Å². The lowest BCUT2D eigenvalue weighted by atomic mass is 10.1. The first-order valence-corrected chi connectivity index (χ1v) is 7.36. The molecule has 0 amide bonds. The van der Waals surface area contributed by atoms with Crippen LogP contribution in [0.5, 0.6) is 0 Å². The molecule has 0 unspecified atom stereocenters. The van der Waals surface area contributed by atoms with E-state index in [4.69, 9.17) is 4.42 Å². The van der Waals surface area contributed by atoms with E-state index in [2.05, 4.69) is 0 Å². The molecule has 0 N–H and O–H groups in total. The molecular formula is C20H11FNO3-. The van der Waals surface area contributed by atoms with Crippen molar-refractivity contribution in [2.24, 2.45) is 0 Å². The molecule has 0 aliphatic rings. The number of rotatable bonds is 4. The van der Waals surface area contributed by atoms with Gasteiger partial charge in [-0.25, -0.2) is 4.39 Å². The zero-order valence-electron chi connectivity index (χ0n) is 12.9. The maximum Gasteiger partial charge on any atom is 0.134 e. The Kier molecular flexibility index (Phi) is 4.44. The van der Waals surface area contributed by atoms with Gasteiger partial charge in [-0.1, -0.05) is 30.3 Å². The molecule has 25 heavy (non-hydrogen) atoms. The van der Waals surface area contributed by atoms with Crippen molar-refractivity contribution in [3.63, 3.8) is 0 Å². The number of halogens is 1. The van der Waals surface area contributed by atoms with E-state index in [1.54, 1.807) is 30.3 Å².